The summed E-state index contributed by atoms with van der Waals surface area (Å²) in [6.45, 7) is 10.7. The number of hydrogen-bond acceptors (Lipinski definition) is 10. The zero-order valence-electron chi connectivity index (χ0n) is 31.9. The number of hydrazone groups is 1. The number of nitrogens with one attached hydrogen (secondary N) is 1. The maximum Gasteiger partial charge on any atom is 0.343 e. The standard InChI is InChI=1S/C44H55N3O6S/c1-4-6-7-12-27-45-47-41(42-46-38-15-10-11-16-40(38)54-42)37-31-36(25-26-39(37)53-44(49)33-19-17-32(3)18-20-33)52-43(48)34-21-23-35(24-22-34)51-30-14-9-8-13-29-50-28-5-2/h5,10-11,15-16,21-26,31-33,45H,2,4,6-9,12-14,17-20,27-30H2,1,3H3. The minimum absolute atomic E-state index is 0.162. The molecule has 1 aliphatic carbocycles. The molecule has 288 valence electrons. The molecule has 0 amide bonds. The zero-order valence-corrected chi connectivity index (χ0v) is 32.7. The Bertz CT molecular complexity index is 1780. The molecule has 9 nitrogen and oxygen atoms in total. The van der Waals surface area contributed by atoms with Crippen LogP contribution in [0.25, 0.3) is 10.2 Å². The molecule has 1 aliphatic rings. The van der Waals surface area contributed by atoms with Crippen LogP contribution in [-0.4, -0.2) is 49.0 Å². The topological polar surface area (TPSA) is 108 Å². The number of para-hydroxylation sites is 1. The van der Waals surface area contributed by atoms with Crippen LogP contribution in [0.1, 0.15) is 112 Å². The first kappa shape index (κ1) is 40.6. The third kappa shape index (κ3) is 12.5. The quantitative estimate of drug-likeness (QED) is 0.0211. The van der Waals surface area contributed by atoms with Crippen LogP contribution in [0, 0.1) is 11.8 Å². The number of ether oxygens (including phenoxy) is 4. The van der Waals surface area contributed by atoms with Gasteiger partial charge in [-0.05, 0) is 112 Å². The maximum atomic E-state index is 13.5. The second kappa shape index (κ2) is 22.0. The lowest BCUT2D eigenvalue weighted by molar-refractivity contribution is -0.140. The van der Waals surface area contributed by atoms with Crippen molar-refractivity contribution >= 4 is 39.2 Å². The van der Waals surface area contributed by atoms with Crippen molar-refractivity contribution in [1.82, 2.24) is 10.4 Å². The maximum absolute atomic E-state index is 13.5. The van der Waals surface area contributed by atoms with Crippen LogP contribution >= 0.6 is 11.3 Å². The van der Waals surface area contributed by atoms with E-state index >= 15 is 0 Å². The van der Waals surface area contributed by atoms with Gasteiger partial charge in [0.25, 0.3) is 0 Å². The Morgan fingerprint density at radius 3 is 2.39 bits per heavy atom. The van der Waals surface area contributed by atoms with Crippen LogP contribution in [0.15, 0.2) is 84.5 Å². The molecule has 1 aromatic heterocycles. The average molecular weight is 754 g/mol. The van der Waals surface area contributed by atoms with Crippen LogP contribution in [0.3, 0.4) is 0 Å². The number of unbranched alkanes of at least 4 members (excludes halogenated alkanes) is 6. The summed E-state index contributed by atoms with van der Waals surface area (Å²) in [5.74, 6) is 1.03. The molecule has 0 atom stereocenters. The monoisotopic (exact) mass is 753 g/mol. The fourth-order valence-corrected chi connectivity index (χ4v) is 7.34. The SMILES string of the molecule is C=CCOCCCCCCOc1ccc(C(=O)Oc2ccc(OC(=O)C3CCC(C)CC3)c(C(=NNCCCCCC)c3nc4ccccc4s3)c2)cc1. The highest BCUT2D eigenvalue weighted by molar-refractivity contribution is 7.20. The number of nitrogens with zero attached hydrogens (tertiary/aromatic N) is 2. The Hall–Kier alpha value is -4.54. The minimum Gasteiger partial charge on any atom is -0.494 e. The minimum atomic E-state index is -0.514. The molecule has 0 unspecified atom stereocenters. The van der Waals surface area contributed by atoms with Gasteiger partial charge in [0.05, 0.1) is 40.5 Å². The van der Waals surface area contributed by atoms with E-state index < -0.39 is 5.97 Å². The number of aromatic nitrogens is 1. The zero-order chi connectivity index (χ0) is 38.0. The third-order valence-electron chi connectivity index (χ3n) is 9.58. The summed E-state index contributed by atoms with van der Waals surface area (Å²) < 4.78 is 24.4. The summed E-state index contributed by atoms with van der Waals surface area (Å²) in [6.07, 6.45) is 13.9. The Kier molecular flexibility index (Phi) is 16.5. The number of thiazole rings is 1. The Morgan fingerprint density at radius 1 is 0.889 bits per heavy atom. The highest BCUT2D eigenvalue weighted by Crippen LogP contribution is 2.34. The molecule has 5 rings (SSSR count). The molecule has 3 aromatic carbocycles. The molecule has 0 bridgehead atoms. The van der Waals surface area contributed by atoms with Crippen molar-refractivity contribution in [2.75, 3.05) is 26.4 Å². The van der Waals surface area contributed by atoms with Crippen LogP contribution in [0.2, 0.25) is 0 Å². The first-order valence-corrected chi connectivity index (χ1v) is 20.4. The fraction of sp³-hybridized carbons (Fsp3) is 0.455. The van der Waals surface area contributed by atoms with Crippen molar-refractivity contribution < 1.29 is 28.5 Å². The first-order chi connectivity index (χ1) is 26.4. The van der Waals surface area contributed by atoms with Crippen LogP contribution < -0.4 is 19.6 Å². The number of carbonyl (C=O) groups is 2. The summed E-state index contributed by atoms with van der Waals surface area (Å²) in [4.78, 5) is 31.8. The molecule has 0 spiro atoms. The molecular weight excluding hydrogens is 699 g/mol. The van der Waals surface area contributed by atoms with E-state index in [4.69, 9.17) is 29.0 Å². The molecule has 0 radical (unpaired) electrons. The van der Waals surface area contributed by atoms with Crippen LogP contribution in [-0.2, 0) is 9.53 Å². The second-order valence-corrected chi connectivity index (χ2v) is 15.0. The third-order valence-corrected chi connectivity index (χ3v) is 10.6. The average Bonchev–Trinajstić information content (AvgIpc) is 3.62. The number of fused-ring (bicyclic) bond motifs is 1. The summed E-state index contributed by atoms with van der Waals surface area (Å²) >= 11 is 1.51. The summed E-state index contributed by atoms with van der Waals surface area (Å²) in [6, 6.07) is 20.0. The van der Waals surface area contributed by atoms with Crippen molar-refractivity contribution in [1.29, 1.82) is 0 Å². The number of hydrogen-bond donors (Lipinski definition) is 1. The second-order valence-electron chi connectivity index (χ2n) is 14.0. The van der Waals surface area contributed by atoms with Crippen LogP contribution in [0.4, 0.5) is 0 Å². The van der Waals surface area contributed by atoms with E-state index in [-0.39, 0.29) is 11.9 Å². The van der Waals surface area contributed by atoms with Gasteiger partial charge in [0, 0.05) is 13.2 Å². The highest BCUT2D eigenvalue weighted by Gasteiger charge is 2.28. The molecule has 4 aromatic rings. The van der Waals surface area contributed by atoms with E-state index in [0.717, 1.165) is 93.9 Å². The first-order valence-electron chi connectivity index (χ1n) is 19.6. The van der Waals surface area contributed by atoms with Gasteiger partial charge in [0.15, 0.2) is 0 Å². The number of carbonyl (C=O) groups excluding carboxylic acids is 2. The van der Waals surface area contributed by atoms with Crippen molar-refractivity contribution in [3.8, 4) is 17.2 Å². The molecule has 0 aliphatic heterocycles. The molecule has 54 heavy (non-hydrogen) atoms. The normalized spacial score (nSPS) is 15.9. The summed E-state index contributed by atoms with van der Waals surface area (Å²) in [5.41, 5.74) is 5.52. The van der Waals surface area contributed by atoms with Crippen molar-refractivity contribution in [2.24, 2.45) is 16.9 Å². The predicted molar refractivity (Wildman–Crippen MR) is 217 cm³/mol. The molecule has 1 saturated carbocycles. The van der Waals surface area contributed by atoms with E-state index in [2.05, 4.69) is 25.9 Å². The van der Waals surface area contributed by atoms with E-state index in [0.29, 0.717) is 64.8 Å². The van der Waals surface area contributed by atoms with Crippen molar-refractivity contribution in [3.05, 3.63) is 95.5 Å². The number of rotatable bonds is 22. The van der Waals surface area contributed by atoms with E-state index in [9.17, 15) is 9.59 Å². The van der Waals surface area contributed by atoms with Crippen molar-refractivity contribution in [2.45, 2.75) is 90.9 Å². The molecule has 0 saturated heterocycles. The van der Waals surface area contributed by atoms with E-state index in [1.807, 2.05) is 24.3 Å². The van der Waals surface area contributed by atoms with Gasteiger partial charge in [-0.25, -0.2) is 9.78 Å². The highest BCUT2D eigenvalue weighted by atomic mass is 32.1. The summed E-state index contributed by atoms with van der Waals surface area (Å²) in [7, 11) is 0. The van der Waals surface area contributed by atoms with Gasteiger partial charge in [-0.3, -0.25) is 4.79 Å². The van der Waals surface area contributed by atoms with E-state index in [1.165, 1.54) is 11.3 Å². The van der Waals surface area contributed by atoms with Crippen molar-refractivity contribution in [3.63, 3.8) is 0 Å². The van der Waals surface area contributed by atoms with Gasteiger partial charge in [-0.2, -0.15) is 5.10 Å². The lowest BCUT2D eigenvalue weighted by Crippen LogP contribution is -2.26. The van der Waals surface area contributed by atoms with E-state index in [1.54, 1.807) is 48.5 Å². The number of benzene rings is 3. The van der Waals surface area contributed by atoms with Gasteiger partial charge in [0.2, 0.25) is 0 Å². The summed E-state index contributed by atoms with van der Waals surface area (Å²) in [5, 5.41) is 5.52. The van der Waals surface area contributed by atoms with Gasteiger partial charge in [-0.15, -0.1) is 17.9 Å². The Labute approximate surface area is 324 Å². The largest absolute Gasteiger partial charge is 0.494 e. The number of esters is 2. The lowest BCUT2D eigenvalue weighted by Gasteiger charge is -2.25. The van der Waals surface area contributed by atoms with Crippen LogP contribution in [0.5, 0.6) is 17.2 Å². The smallest absolute Gasteiger partial charge is 0.343 e. The molecule has 10 heteroatoms. The van der Waals surface area contributed by atoms with Gasteiger partial charge >= 0.3 is 11.9 Å². The molecule has 1 fully saturated rings. The lowest BCUT2D eigenvalue weighted by atomic mass is 9.83. The fourth-order valence-electron chi connectivity index (χ4n) is 6.37. The molecule has 1 N–H and O–H groups in total. The molecule has 1 heterocycles. The predicted octanol–water partition coefficient (Wildman–Crippen LogP) is 10.3. The molecular formula is C44H55N3O6S. The Morgan fingerprint density at radius 2 is 1.63 bits per heavy atom. The van der Waals surface area contributed by atoms with Gasteiger partial charge < -0.3 is 24.4 Å². The van der Waals surface area contributed by atoms with Gasteiger partial charge in [0.1, 0.15) is 28.0 Å². The van der Waals surface area contributed by atoms with Gasteiger partial charge in [-0.1, -0.05) is 57.7 Å². The Balaban J connectivity index is 1.33.